The minimum Gasteiger partial charge on any atom is -0.480 e. The molecule has 2 aromatic rings. The number of hydrogen-bond acceptors (Lipinski definition) is 3. The number of nitrogens with one attached hydrogen (secondary N) is 1. The Balaban J connectivity index is 1.70. The lowest BCUT2D eigenvalue weighted by Crippen LogP contribution is -2.43. The average Bonchev–Trinajstić information content (AvgIpc) is 3.05. The summed E-state index contributed by atoms with van der Waals surface area (Å²) in [5.41, 5.74) is 3.21. The first-order valence-electron chi connectivity index (χ1n) is 9.47. The highest BCUT2D eigenvalue weighted by atomic mass is 32.2. The van der Waals surface area contributed by atoms with Crippen LogP contribution in [0.5, 0.6) is 0 Å². The predicted octanol–water partition coefficient (Wildman–Crippen LogP) is 4.66. The Kier molecular flexibility index (Phi) is 5.98. The molecule has 0 spiro atoms. The van der Waals surface area contributed by atoms with Crippen LogP contribution in [0.3, 0.4) is 0 Å². The Labute approximate surface area is 170 Å². The van der Waals surface area contributed by atoms with Crippen LogP contribution in [0, 0.1) is 0 Å². The summed E-state index contributed by atoms with van der Waals surface area (Å²) in [6, 6.07) is 15.6. The van der Waals surface area contributed by atoms with Crippen LogP contribution in [0.4, 0.5) is 10.5 Å². The van der Waals surface area contributed by atoms with Gasteiger partial charge >= 0.3 is 12.0 Å². The van der Waals surface area contributed by atoms with Crippen molar-refractivity contribution in [2.45, 2.75) is 49.3 Å². The van der Waals surface area contributed by atoms with Gasteiger partial charge in [-0.15, -0.1) is 11.8 Å². The van der Waals surface area contributed by atoms with E-state index in [2.05, 4.69) is 17.4 Å². The average molecular weight is 399 g/mol. The van der Waals surface area contributed by atoms with Gasteiger partial charge in [0.1, 0.15) is 4.75 Å². The number of carboxylic acids is 1. The Hall–Kier alpha value is -2.47. The van der Waals surface area contributed by atoms with Crippen molar-refractivity contribution < 1.29 is 14.7 Å². The van der Waals surface area contributed by atoms with E-state index in [-0.39, 0.29) is 12.1 Å². The number of thioether (sulfide) groups is 1. The number of urea groups is 1. The normalized spacial score (nSPS) is 15.8. The number of aliphatic carboxylic acids is 1. The summed E-state index contributed by atoms with van der Waals surface area (Å²) < 4.78 is -0.878. The predicted molar refractivity (Wildman–Crippen MR) is 113 cm³/mol. The third-order valence-corrected chi connectivity index (χ3v) is 6.22. The van der Waals surface area contributed by atoms with Crippen LogP contribution in [0.25, 0.3) is 0 Å². The number of carbonyl (C=O) groups is 2. The molecule has 0 aliphatic heterocycles. The maximum Gasteiger partial charge on any atom is 0.322 e. The van der Waals surface area contributed by atoms with Gasteiger partial charge in [-0.3, -0.25) is 4.79 Å². The number of anilines is 1. The number of likely N-dealkylation sites (N-methyl/N-ethyl adjacent to an activating group) is 1. The molecule has 2 aromatic carbocycles. The molecule has 0 fully saturated rings. The lowest BCUT2D eigenvalue weighted by atomic mass is 10.1. The zero-order valence-corrected chi connectivity index (χ0v) is 17.3. The van der Waals surface area contributed by atoms with E-state index >= 15 is 0 Å². The number of carbonyl (C=O) groups excluding carboxylic acids is 1. The molecular weight excluding hydrogens is 372 g/mol. The molecular formula is C22H26N2O3S. The Morgan fingerprint density at radius 2 is 1.82 bits per heavy atom. The van der Waals surface area contributed by atoms with E-state index in [0.717, 1.165) is 23.4 Å². The van der Waals surface area contributed by atoms with Crippen molar-refractivity contribution in [3.05, 3.63) is 59.7 Å². The van der Waals surface area contributed by atoms with E-state index in [9.17, 15) is 14.7 Å². The van der Waals surface area contributed by atoms with Crippen molar-refractivity contribution in [2.24, 2.45) is 0 Å². The SMILES string of the molecule is CCN(C(=O)Nc1ccccc1)C1Cc2ccc(SC(C)(C)C(=O)O)cc2C1. The molecule has 0 radical (unpaired) electrons. The fourth-order valence-corrected chi connectivity index (χ4v) is 4.49. The van der Waals surface area contributed by atoms with Crippen molar-refractivity contribution >= 4 is 29.4 Å². The van der Waals surface area contributed by atoms with Gasteiger partial charge in [0.05, 0.1) is 0 Å². The number of nitrogens with zero attached hydrogens (tertiary/aromatic N) is 1. The number of benzene rings is 2. The molecule has 0 aromatic heterocycles. The molecule has 1 atom stereocenters. The van der Waals surface area contributed by atoms with Gasteiger partial charge in [-0.1, -0.05) is 24.3 Å². The van der Waals surface area contributed by atoms with Crippen LogP contribution >= 0.6 is 11.8 Å². The van der Waals surface area contributed by atoms with Crippen LogP contribution in [-0.4, -0.2) is 39.3 Å². The monoisotopic (exact) mass is 398 g/mol. The third kappa shape index (κ3) is 4.50. The van der Waals surface area contributed by atoms with Crippen molar-refractivity contribution in [1.82, 2.24) is 4.90 Å². The highest BCUT2D eigenvalue weighted by molar-refractivity contribution is 8.01. The van der Waals surface area contributed by atoms with E-state index in [1.807, 2.05) is 48.2 Å². The molecule has 1 aliphatic carbocycles. The molecule has 6 heteroatoms. The summed E-state index contributed by atoms with van der Waals surface area (Å²) in [4.78, 5) is 27.0. The van der Waals surface area contributed by atoms with E-state index in [0.29, 0.717) is 6.54 Å². The number of rotatable bonds is 6. The Bertz CT molecular complexity index is 867. The number of para-hydroxylation sites is 1. The molecule has 0 saturated carbocycles. The summed E-state index contributed by atoms with van der Waals surface area (Å²) >= 11 is 1.35. The highest BCUT2D eigenvalue weighted by Gasteiger charge is 2.31. The molecule has 0 bridgehead atoms. The van der Waals surface area contributed by atoms with Crippen molar-refractivity contribution in [1.29, 1.82) is 0 Å². The maximum absolute atomic E-state index is 12.8. The van der Waals surface area contributed by atoms with Crippen LogP contribution in [0.1, 0.15) is 31.9 Å². The first-order chi connectivity index (χ1) is 13.3. The zero-order chi connectivity index (χ0) is 20.3. The maximum atomic E-state index is 12.8. The molecule has 0 saturated heterocycles. The van der Waals surface area contributed by atoms with Crippen LogP contribution in [0.15, 0.2) is 53.4 Å². The second-order valence-electron chi connectivity index (χ2n) is 7.49. The second kappa shape index (κ2) is 8.27. The van der Waals surface area contributed by atoms with Gasteiger partial charge in [0.25, 0.3) is 0 Å². The number of carboxylic acid groups (broad SMARTS) is 1. The molecule has 5 nitrogen and oxygen atoms in total. The van der Waals surface area contributed by atoms with Gasteiger partial charge in [-0.05, 0) is 69.0 Å². The molecule has 3 rings (SSSR count). The zero-order valence-electron chi connectivity index (χ0n) is 16.4. The van der Waals surface area contributed by atoms with Crippen molar-refractivity contribution in [3.63, 3.8) is 0 Å². The van der Waals surface area contributed by atoms with Crippen molar-refractivity contribution in [2.75, 3.05) is 11.9 Å². The standard InChI is InChI=1S/C22H26N2O3S/c1-4-24(21(27)23-17-8-6-5-7-9-17)18-12-15-10-11-19(14-16(15)13-18)28-22(2,3)20(25)26/h5-11,14,18H,4,12-13H2,1-3H3,(H,23,27)(H,25,26). The molecule has 1 unspecified atom stereocenters. The first-order valence-corrected chi connectivity index (χ1v) is 10.3. The summed E-state index contributed by atoms with van der Waals surface area (Å²) in [6.45, 7) is 6.04. The van der Waals surface area contributed by atoms with E-state index in [1.54, 1.807) is 13.8 Å². The van der Waals surface area contributed by atoms with Crippen LogP contribution in [0.2, 0.25) is 0 Å². The molecule has 0 heterocycles. The molecule has 1 aliphatic rings. The van der Waals surface area contributed by atoms with E-state index in [1.165, 1.54) is 22.9 Å². The molecule has 2 N–H and O–H groups in total. The fourth-order valence-electron chi connectivity index (χ4n) is 3.48. The van der Waals surface area contributed by atoms with Gasteiger partial charge in [-0.25, -0.2) is 4.79 Å². The van der Waals surface area contributed by atoms with Gasteiger partial charge in [0, 0.05) is 23.2 Å². The topological polar surface area (TPSA) is 69.6 Å². The number of fused-ring (bicyclic) bond motifs is 1. The van der Waals surface area contributed by atoms with Gasteiger partial charge in [-0.2, -0.15) is 0 Å². The summed E-state index contributed by atoms with van der Waals surface area (Å²) in [5, 5.41) is 12.3. The fraction of sp³-hybridized carbons (Fsp3) is 0.364. The quantitative estimate of drug-likeness (QED) is 0.694. The van der Waals surface area contributed by atoms with Crippen LogP contribution < -0.4 is 5.32 Å². The third-order valence-electron chi connectivity index (χ3n) is 5.04. The van der Waals surface area contributed by atoms with Gasteiger partial charge in [0.15, 0.2) is 0 Å². The second-order valence-corrected chi connectivity index (χ2v) is 9.19. The minimum absolute atomic E-state index is 0.0897. The number of hydrogen-bond donors (Lipinski definition) is 2. The lowest BCUT2D eigenvalue weighted by molar-refractivity contribution is -0.138. The van der Waals surface area contributed by atoms with Gasteiger partial charge < -0.3 is 15.3 Å². The highest BCUT2D eigenvalue weighted by Crippen LogP contribution is 2.36. The summed E-state index contributed by atoms with van der Waals surface area (Å²) in [7, 11) is 0. The van der Waals surface area contributed by atoms with Crippen LogP contribution in [-0.2, 0) is 17.6 Å². The van der Waals surface area contributed by atoms with Crippen molar-refractivity contribution in [3.8, 4) is 0 Å². The van der Waals surface area contributed by atoms with Gasteiger partial charge in [0.2, 0.25) is 0 Å². The lowest BCUT2D eigenvalue weighted by Gasteiger charge is -2.27. The Morgan fingerprint density at radius 1 is 1.14 bits per heavy atom. The summed E-state index contributed by atoms with van der Waals surface area (Å²) in [5.74, 6) is -0.828. The first kappa shape index (κ1) is 20.3. The molecule has 28 heavy (non-hydrogen) atoms. The Morgan fingerprint density at radius 3 is 2.46 bits per heavy atom. The molecule has 148 valence electrons. The molecule has 2 amide bonds. The van der Waals surface area contributed by atoms with E-state index < -0.39 is 10.7 Å². The smallest absolute Gasteiger partial charge is 0.322 e. The largest absolute Gasteiger partial charge is 0.480 e. The summed E-state index contributed by atoms with van der Waals surface area (Å²) in [6.07, 6.45) is 1.60. The van der Waals surface area contributed by atoms with E-state index in [4.69, 9.17) is 0 Å². The number of amides is 2. The minimum atomic E-state index is -0.878.